The molecule has 2 N–H and O–H groups in total. The van der Waals surface area contributed by atoms with Crippen LogP contribution in [0.25, 0.3) is 5.69 Å². The van der Waals surface area contributed by atoms with Gasteiger partial charge in [-0.05, 0) is 73.5 Å². The normalized spacial score (nSPS) is 10.6. The Morgan fingerprint density at radius 3 is 2.47 bits per heavy atom. The van der Waals surface area contributed by atoms with Crippen molar-refractivity contribution in [2.45, 2.75) is 13.8 Å². The largest absolute Gasteiger partial charge is 0.497 e. The standard InChI is InChI=1S/C29H30N4O5/c1-19-7-5-10-25(20(19)2)38-26-18-31-33(23-11-13-24(37-4)14-12-23)29(35)27(26)32-22-9-6-8-21(17-22)28(34)30-15-16-36-3/h5-14,17-18,32H,15-16H2,1-4H3,(H,30,34). The molecular weight excluding hydrogens is 484 g/mol. The van der Waals surface area contributed by atoms with Crippen molar-refractivity contribution in [1.29, 1.82) is 0 Å². The molecule has 0 aliphatic rings. The van der Waals surface area contributed by atoms with Gasteiger partial charge in [-0.2, -0.15) is 9.78 Å². The highest BCUT2D eigenvalue weighted by Gasteiger charge is 2.17. The molecule has 3 aromatic carbocycles. The molecule has 9 nitrogen and oxygen atoms in total. The number of benzene rings is 3. The van der Waals surface area contributed by atoms with E-state index in [1.807, 2.05) is 32.0 Å². The molecule has 4 aromatic rings. The maximum Gasteiger partial charge on any atom is 0.299 e. The molecule has 0 saturated heterocycles. The molecule has 0 bridgehead atoms. The summed E-state index contributed by atoms with van der Waals surface area (Å²) >= 11 is 0. The van der Waals surface area contributed by atoms with Crippen LogP contribution in [0.15, 0.2) is 77.7 Å². The van der Waals surface area contributed by atoms with Crippen LogP contribution in [0.2, 0.25) is 0 Å². The summed E-state index contributed by atoms with van der Waals surface area (Å²) in [6.07, 6.45) is 1.50. The van der Waals surface area contributed by atoms with E-state index in [0.29, 0.717) is 41.6 Å². The Kier molecular flexibility index (Phi) is 8.40. The minimum absolute atomic E-state index is 0.175. The Balaban J connectivity index is 1.74. The lowest BCUT2D eigenvalue weighted by Crippen LogP contribution is -2.27. The Morgan fingerprint density at radius 1 is 0.974 bits per heavy atom. The van der Waals surface area contributed by atoms with E-state index in [4.69, 9.17) is 14.2 Å². The first kappa shape index (κ1) is 26.4. The van der Waals surface area contributed by atoms with Crippen molar-refractivity contribution in [3.8, 4) is 22.9 Å². The van der Waals surface area contributed by atoms with Gasteiger partial charge in [-0.15, -0.1) is 0 Å². The quantitative estimate of drug-likeness (QED) is 0.294. The molecule has 0 spiro atoms. The summed E-state index contributed by atoms with van der Waals surface area (Å²) in [4.78, 5) is 26.3. The number of nitrogens with zero attached hydrogens (tertiary/aromatic N) is 2. The molecule has 4 rings (SSSR count). The molecule has 0 aliphatic carbocycles. The maximum absolute atomic E-state index is 13.7. The van der Waals surface area contributed by atoms with Crippen LogP contribution in [0, 0.1) is 13.8 Å². The number of carbonyl (C=O) groups excluding carboxylic acids is 1. The summed E-state index contributed by atoms with van der Waals surface area (Å²) in [5.41, 5.74) is 3.30. The summed E-state index contributed by atoms with van der Waals surface area (Å²) in [5, 5.41) is 10.3. The summed E-state index contributed by atoms with van der Waals surface area (Å²) < 4.78 is 17.7. The van der Waals surface area contributed by atoms with E-state index in [0.717, 1.165) is 11.1 Å². The highest BCUT2D eigenvalue weighted by molar-refractivity contribution is 5.95. The molecule has 1 heterocycles. The zero-order chi connectivity index (χ0) is 27.1. The minimum atomic E-state index is -0.423. The zero-order valence-corrected chi connectivity index (χ0v) is 21.8. The third kappa shape index (κ3) is 6.01. The highest BCUT2D eigenvalue weighted by atomic mass is 16.5. The molecule has 0 atom stereocenters. The molecule has 196 valence electrons. The van der Waals surface area contributed by atoms with Crippen molar-refractivity contribution in [2.24, 2.45) is 0 Å². The topological polar surface area (TPSA) is 104 Å². The van der Waals surface area contributed by atoms with Crippen LogP contribution in [-0.4, -0.2) is 43.1 Å². The van der Waals surface area contributed by atoms with E-state index in [-0.39, 0.29) is 17.3 Å². The first-order chi connectivity index (χ1) is 18.4. The van der Waals surface area contributed by atoms with Crippen LogP contribution in [-0.2, 0) is 4.74 Å². The average Bonchev–Trinajstić information content (AvgIpc) is 2.93. The van der Waals surface area contributed by atoms with E-state index in [9.17, 15) is 9.59 Å². The van der Waals surface area contributed by atoms with Crippen LogP contribution < -0.4 is 25.7 Å². The lowest BCUT2D eigenvalue weighted by atomic mass is 10.1. The lowest BCUT2D eigenvalue weighted by Gasteiger charge is -2.16. The van der Waals surface area contributed by atoms with Crippen molar-refractivity contribution in [1.82, 2.24) is 15.1 Å². The predicted molar refractivity (Wildman–Crippen MR) is 146 cm³/mol. The number of amides is 1. The number of hydrogen-bond donors (Lipinski definition) is 2. The van der Waals surface area contributed by atoms with Gasteiger partial charge in [0.1, 0.15) is 11.5 Å². The summed E-state index contributed by atoms with van der Waals surface area (Å²) in [7, 11) is 3.15. The number of aromatic nitrogens is 2. The van der Waals surface area contributed by atoms with Gasteiger partial charge in [0.15, 0.2) is 11.4 Å². The van der Waals surface area contributed by atoms with Crippen molar-refractivity contribution < 1.29 is 19.0 Å². The number of aryl methyl sites for hydroxylation is 1. The molecule has 0 radical (unpaired) electrons. The van der Waals surface area contributed by atoms with Crippen molar-refractivity contribution >= 4 is 17.3 Å². The first-order valence-corrected chi connectivity index (χ1v) is 12.1. The van der Waals surface area contributed by atoms with Crippen LogP contribution in [0.3, 0.4) is 0 Å². The SMILES string of the molecule is COCCNC(=O)c1cccc(Nc2c(Oc3cccc(C)c3C)cnn(-c3ccc(OC)cc3)c2=O)c1. The van der Waals surface area contributed by atoms with Crippen LogP contribution in [0.1, 0.15) is 21.5 Å². The molecule has 1 amide bonds. The van der Waals surface area contributed by atoms with Gasteiger partial charge in [-0.1, -0.05) is 18.2 Å². The summed E-state index contributed by atoms with van der Waals surface area (Å²) in [6.45, 7) is 4.74. The smallest absolute Gasteiger partial charge is 0.299 e. The van der Waals surface area contributed by atoms with E-state index in [2.05, 4.69) is 15.7 Å². The van der Waals surface area contributed by atoms with E-state index in [1.165, 1.54) is 10.9 Å². The fourth-order valence-corrected chi connectivity index (χ4v) is 3.74. The Hall–Kier alpha value is -4.63. The maximum atomic E-state index is 13.7. The van der Waals surface area contributed by atoms with Gasteiger partial charge in [0.05, 0.1) is 25.6 Å². The number of methoxy groups -OCH3 is 2. The number of rotatable bonds is 10. The second-order valence-electron chi connectivity index (χ2n) is 8.55. The van der Waals surface area contributed by atoms with Gasteiger partial charge < -0.3 is 24.8 Å². The fraction of sp³-hybridized carbons (Fsp3) is 0.207. The number of hydrogen-bond acceptors (Lipinski definition) is 7. The summed E-state index contributed by atoms with van der Waals surface area (Å²) in [5.74, 6) is 1.28. The van der Waals surface area contributed by atoms with Gasteiger partial charge in [0.2, 0.25) is 0 Å². The molecular formula is C29H30N4O5. The Bertz CT molecular complexity index is 1480. The molecule has 0 unspecified atom stereocenters. The third-order valence-corrected chi connectivity index (χ3v) is 6.02. The van der Waals surface area contributed by atoms with Crippen molar-refractivity contribution in [2.75, 3.05) is 32.7 Å². The van der Waals surface area contributed by atoms with Gasteiger partial charge in [-0.25, -0.2) is 0 Å². The van der Waals surface area contributed by atoms with E-state index < -0.39 is 5.56 Å². The molecule has 9 heteroatoms. The number of anilines is 2. The Labute approximate surface area is 221 Å². The highest BCUT2D eigenvalue weighted by Crippen LogP contribution is 2.32. The second-order valence-corrected chi connectivity index (χ2v) is 8.55. The first-order valence-electron chi connectivity index (χ1n) is 12.1. The second kappa shape index (κ2) is 12.1. The lowest BCUT2D eigenvalue weighted by molar-refractivity contribution is 0.0937. The van der Waals surface area contributed by atoms with Gasteiger partial charge in [0.25, 0.3) is 11.5 Å². The predicted octanol–water partition coefficient (Wildman–Crippen LogP) is 4.77. The van der Waals surface area contributed by atoms with Gasteiger partial charge in [0, 0.05) is 24.9 Å². The third-order valence-electron chi connectivity index (χ3n) is 6.02. The van der Waals surface area contributed by atoms with Crippen LogP contribution in [0.5, 0.6) is 17.2 Å². The fourth-order valence-electron chi connectivity index (χ4n) is 3.74. The minimum Gasteiger partial charge on any atom is -0.497 e. The van der Waals surface area contributed by atoms with Gasteiger partial charge in [-0.3, -0.25) is 9.59 Å². The average molecular weight is 515 g/mol. The molecule has 0 fully saturated rings. The van der Waals surface area contributed by atoms with Crippen LogP contribution >= 0.6 is 0 Å². The van der Waals surface area contributed by atoms with E-state index in [1.54, 1.807) is 62.8 Å². The van der Waals surface area contributed by atoms with Gasteiger partial charge >= 0.3 is 0 Å². The zero-order valence-electron chi connectivity index (χ0n) is 21.8. The molecule has 0 aliphatic heterocycles. The van der Waals surface area contributed by atoms with Crippen molar-refractivity contribution in [3.05, 3.63) is 100.0 Å². The van der Waals surface area contributed by atoms with E-state index >= 15 is 0 Å². The monoisotopic (exact) mass is 514 g/mol. The molecule has 38 heavy (non-hydrogen) atoms. The number of ether oxygens (including phenoxy) is 3. The Morgan fingerprint density at radius 2 is 1.74 bits per heavy atom. The molecule has 0 saturated carbocycles. The number of carbonyl (C=O) groups is 1. The van der Waals surface area contributed by atoms with Crippen molar-refractivity contribution in [3.63, 3.8) is 0 Å². The number of nitrogens with one attached hydrogen (secondary N) is 2. The van der Waals surface area contributed by atoms with Crippen LogP contribution in [0.4, 0.5) is 11.4 Å². The molecule has 1 aromatic heterocycles. The summed E-state index contributed by atoms with van der Waals surface area (Å²) in [6, 6.07) is 19.6.